The summed E-state index contributed by atoms with van der Waals surface area (Å²) in [7, 11) is 3.35. The summed E-state index contributed by atoms with van der Waals surface area (Å²) in [4.78, 5) is 44.3. The minimum Gasteiger partial charge on any atom is -0.491 e. The second-order valence-electron chi connectivity index (χ2n) is 9.64. The number of likely N-dealkylation sites (N-methyl/N-ethyl adjacent to an activating group) is 1. The van der Waals surface area contributed by atoms with Crippen LogP contribution in [0.1, 0.15) is 37.6 Å². The lowest BCUT2D eigenvalue weighted by molar-refractivity contribution is -0.137. The largest absolute Gasteiger partial charge is 0.491 e. The number of nitrogens with zero attached hydrogens (tertiary/aromatic N) is 3. The molecule has 0 bridgehead atoms. The van der Waals surface area contributed by atoms with E-state index in [0.29, 0.717) is 56.3 Å². The number of benzene rings is 1. The zero-order valence-electron chi connectivity index (χ0n) is 22.1. The zero-order valence-corrected chi connectivity index (χ0v) is 22.1. The third-order valence-electron chi connectivity index (χ3n) is 6.83. The van der Waals surface area contributed by atoms with Gasteiger partial charge in [-0.2, -0.15) is 0 Å². The molecule has 1 aromatic carbocycles. The standard InChI is InChI=1S/C26H40N4O6/c1-6-24(31)27-20-7-8-22-21(13-20)26(33)28(4)15-23(34-5)18(2)14-30(19(3)17-36-22)25(32)16-29-9-11-35-12-10-29/h7-8,13,18-19,23H,6,9-12,14-17H2,1-5H3,(H,27,31)/t18-,19+,23-/m0/s1. The Morgan fingerprint density at radius 2 is 1.89 bits per heavy atom. The maximum atomic E-state index is 13.4. The molecule has 1 N–H and O–H groups in total. The number of hydrogen-bond donors (Lipinski definition) is 1. The van der Waals surface area contributed by atoms with E-state index in [2.05, 4.69) is 10.2 Å². The molecule has 0 radical (unpaired) electrons. The molecule has 2 aliphatic heterocycles. The van der Waals surface area contributed by atoms with Crippen molar-refractivity contribution in [2.45, 2.75) is 39.3 Å². The van der Waals surface area contributed by atoms with Gasteiger partial charge in [0.1, 0.15) is 12.4 Å². The summed E-state index contributed by atoms with van der Waals surface area (Å²) in [5.74, 6) is 0.0716. The van der Waals surface area contributed by atoms with E-state index in [1.165, 1.54) is 0 Å². The molecule has 36 heavy (non-hydrogen) atoms. The highest BCUT2D eigenvalue weighted by Gasteiger charge is 2.31. The lowest BCUT2D eigenvalue weighted by Gasteiger charge is -2.37. The lowest BCUT2D eigenvalue weighted by atomic mass is 10.0. The molecule has 0 saturated carbocycles. The fraction of sp³-hybridized carbons (Fsp3) is 0.654. The van der Waals surface area contributed by atoms with Crippen molar-refractivity contribution < 1.29 is 28.6 Å². The van der Waals surface area contributed by atoms with Crippen LogP contribution in [0.2, 0.25) is 0 Å². The molecule has 10 heteroatoms. The first-order chi connectivity index (χ1) is 17.2. The number of methoxy groups -OCH3 is 1. The van der Waals surface area contributed by atoms with Crippen molar-refractivity contribution >= 4 is 23.4 Å². The van der Waals surface area contributed by atoms with Crippen LogP contribution in [0.25, 0.3) is 0 Å². The average molecular weight is 505 g/mol. The van der Waals surface area contributed by atoms with Crippen LogP contribution < -0.4 is 10.1 Å². The molecule has 10 nitrogen and oxygen atoms in total. The molecule has 200 valence electrons. The number of nitrogens with one attached hydrogen (secondary N) is 1. The van der Waals surface area contributed by atoms with Gasteiger partial charge in [0, 0.05) is 58.4 Å². The van der Waals surface area contributed by atoms with Gasteiger partial charge in [-0.3, -0.25) is 19.3 Å². The molecule has 0 aromatic heterocycles. The predicted molar refractivity (Wildman–Crippen MR) is 136 cm³/mol. The molecule has 1 saturated heterocycles. The third-order valence-corrected chi connectivity index (χ3v) is 6.83. The molecule has 1 fully saturated rings. The van der Waals surface area contributed by atoms with Crippen LogP contribution in [0.5, 0.6) is 5.75 Å². The highest BCUT2D eigenvalue weighted by atomic mass is 16.5. The van der Waals surface area contributed by atoms with Crippen LogP contribution in [0, 0.1) is 5.92 Å². The van der Waals surface area contributed by atoms with Crippen molar-refractivity contribution in [1.82, 2.24) is 14.7 Å². The third kappa shape index (κ3) is 7.18. The number of amides is 3. The van der Waals surface area contributed by atoms with Crippen molar-refractivity contribution in [1.29, 1.82) is 0 Å². The number of ether oxygens (including phenoxy) is 3. The summed E-state index contributed by atoms with van der Waals surface area (Å²) < 4.78 is 17.3. The van der Waals surface area contributed by atoms with Gasteiger partial charge in [0.2, 0.25) is 11.8 Å². The van der Waals surface area contributed by atoms with Crippen LogP contribution in [-0.4, -0.2) is 111 Å². The Bertz CT molecular complexity index is 920. The Labute approximate surface area is 213 Å². The summed E-state index contributed by atoms with van der Waals surface area (Å²) in [5.41, 5.74) is 0.887. The monoisotopic (exact) mass is 504 g/mol. The van der Waals surface area contributed by atoms with Gasteiger partial charge in [-0.1, -0.05) is 13.8 Å². The Balaban J connectivity index is 1.89. The first kappa shape index (κ1) is 27.9. The molecule has 2 heterocycles. The van der Waals surface area contributed by atoms with E-state index in [1.807, 2.05) is 18.7 Å². The molecular weight excluding hydrogens is 464 g/mol. The molecule has 1 aromatic rings. The molecule has 2 aliphatic rings. The van der Waals surface area contributed by atoms with Gasteiger partial charge in [-0.25, -0.2) is 0 Å². The minimum atomic E-state index is -0.267. The van der Waals surface area contributed by atoms with Gasteiger partial charge >= 0.3 is 0 Å². The van der Waals surface area contributed by atoms with Crippen molar-refractivity contribution in [2.75, 3.05) is 72.0 Å². The number of hydrogen-bond acceptors (Lipinski definition) is 7. The van der Waals surface area contributed by atoms with E-state index in [0.717, 1.165) is 13.1 Å². The molecule has 0 unspecified atom stereocenters. The van der Waals surface area contributed by atoms with Crippen LogP contribution in [0.15, 0.2) is 18.2 Å². The number of morpholine rings is 1. The lowest BCUT2D eigenvalue weighted by Crippen LogP contribution is -2.52. The Hall–Kier alpha value is -2.69. The number of anilines is 1. The fourth-order valence-corrected chi connectivity index (χ4v) is 4.49. The van der Waals surface area contributed by atoms with Gasteiger partial charge in [-0.15, -0.1) is 0 Å². The normalized spacial score (nSPS) is 24.2. The fourth-order valence-electron chi connectivity index (χ4n) is 4.49. The van der Waals surface area contributed by atoms with Gasteiger partial charge in [0.05, 0.1) is 37.5 Å². The van der Waals surface area contributed by atoms with Crippen molar-refractivity contribution in [3.05, 3.63) is 23.8 Å². The predicted octanol–water partition coefficient (Wildman–Crippen LogP) is 1.70. The molecule has 3 amide bonds. The maximum absolute atomic E-state index is 13.4. The van der Waals surface area contributed by atoms with Gasteiger partial charge in [0.15, 0.2) is 0 Å². The van der Waals surface area contributed by atoms with Crippen LogP contribution >= 0.6 is 0 Å². The van der Waals surface area contributed by atoms with Gasteiger partial charge < -0.3 is 29.3 Å². The topological polar surface area (TPSA) is 101 Å². The average Bonchev–Trinajstić information content (AvgIpc) is 2.88. The second kappa shape index (κ2) is 13.0. The summed E-state index contributed by atoms with van der Waals surface area (Å²) >= 11 is 0. The highest BCUT2D eigenvalue weighted by Crippen LogP contribution is 2.26. The van der Waals surface area contributed by atoms with Crippen molar-refractivity contribution in [3.8, 4) is 5.75 Å². The zero-order chi connectivity index (χ0) is 26.2. The Kier molecular flexibility index (Phi) is 10.1. The number of fused-ring (bicyclic) bond motifs is 1. The van der Waals surface area contributed by atoms with Gasteiger partial charge in [-0.05, 0) is 25.1 Å². The molecular formula is C26H40N4O6. The smallest absolute Gasteiger partial charge is 0.257 e. The summed E-state index contributed by atoms with van der Waals surface area (Å²) in [6, 6.07) is 4.84. The molecule has 3 atom stereocenters. The first-order valence-corrected chi connectivity index (χ1v) is 12.7. The van der Waals surface area contributed by atoms with E-state index in [9.17, 15) is 14.4 Å². The second-order valence-corrected chi connectivity index (χ2v) is 9.64. The van der Waals surface area contributed by atoms with E-state index in [1.54, 1.807) is 44.2 Å². The van der Waals surface area contributed by atoms with Crippen molar-refractivity contribution in [2.24, 2.45) is 5.92 Å². The summed E-state index contributed by atoms with van der Waals surface area (Å²) in [6.45, 7) is 9.88. The number of carbonyl (C=O) groups is 3. The van der Waals surface area contributed by atoms with E-state index in [-0.39, 0.29) is 42.4 Å². The number of rotatable bonds is 5. The molecule has 3 rings (SSSR count). The number of carbonyl (C=O) groups excluding carboxylic acids is 3. The van der Waals surface area contributed by atoms with Gasteiger partial charge in [0.25, 0.3) is 5.91 Å². The van der Waals surface area contributed by atoms with E-state index in [4.69, 9.17) is 14.2 Å². The molecule has 0 aliphatic carbocycles. The highest BCUT2D eigenvalue weighted by molar-refractivity contribution is 5.99. The van der Waals surface area contributed by atoms with E-state index >= 15 is 0 Å². The van der Waals surface area contributed by atoms with Crippen molar-refractivity contribution in [3.63, 3.8) is 0 Å². The summed E-state index contributed by atoms with van der Waals surface area (Å²) in [5, 5.41) is 2.80. The SMILES string of the molecule is CCC(=O)Nc1ccc2c(c1)C(=O)N(C)C[C@H](OC)[C@@H](C)CN(C(=O)CN1CCOCC1)[C@H](C)CO2. The maximum Gasteiger partial charge on any atom is 0.257 e. The van der Waals surface area contributed by atoms with E-state index < -0.39 is 0 Å². The Morgan fingerprint density at radius 1 is 1.17 bits per heavy atom. The van der Waals surface area contributed by atoms with Crippen LogP contribution in [0.4, 0.5) is 5.69 Å². The first-order valence-electron chi connectivity index (χ1n) is 12.7. The summed E-state index contributed by atoms with van der Waals surface area (Å²) in [6.07, 6.45) is 0.0670. The van der Waals surface area contributed by atoms with Crippen LogP contribution in [0.3, 0.4) is 0 Å². The minimum absolute atomic E-state index is 0.0181. The Morgan fingerprint density at radius 3 is 2.56 bits per heavy atom. The van der Waals surface area contributed by atoms with Crippen LogP contribution in [-0.2, 0) is 19.1 Å². The molecule has 0 spiro atoms. The quantitative estimate of drug-likeness (QED) is 0.651.